The summed E-state index contributed by atoms with van der Waals surface area (Å²) in [7, 11) is -1.14. The summed E-state index contributed by atoms with van der Waals surface area (Å²) >= 11 is 0. The monoisotopic (exact) mass is 192 g/mol. The molecular formula is C12H20Si. The van der Waals surface area contributed by atoms with Gasteiger partial charge in [0.15, 0.2) is 0 Å². The number of hydrogen-bond acceptors (Lipinski definition) is 0. The maximum atomic E-state index is 3.34. The second kappa shape index (κ2) is 5.86. The summed E-state index contributed by atoms with van der Waals surface area (Å²) in [5, 5.41) is 0. The molecule has 0 aliphatic carbocycles. The molecule has 0 heterocycles. The molecule has 0 N–H and O–H groups in total. The van der Waals surface area contributed by atoms with Gasteiger partial charge in [-0.2, -0.15) is 0 Å². The minimum Gasteiger partial charge on any atom is -0.132 e. The van der Waals surface area contributed by atoms with Crippen molar-refractivity contribution in [2.24, 2.45) is 0 Å². The standard InChI is InChI=1S/C12H20Si/c1-12(2)10-8-6-7-9-11-13(3,4)5/h8H,6-7H2,1-5H3. The lowest BCUT2D eigenvalue weighted by Crippen LogP contribution is -2.16. The Kier molecular flexibility index (Phi) is 5.54. The third-order valence-corrected chi connectivity index (χ3v) is 2.19. The van der Waals surface area contributed by atoms with Gasteiger partial charge in [0, 0.05) is 6.42 Å². The Morgan fingerprint density at radius 1 is 1.23 bits per heavy atom. The molecule has 0 rings (SSSR count). The van der Waals surface area contributed by atoms with E-state index < -0.39 is 8.07 Å². The Bertz CT molecular complexity index is 258. The van der Waals surface area contributed by atoms with Gasteiger partial charge in [0.2, 0.25) is 0 Å². The first kappa shape index (κ1) is 12.3. The van der Waals surface area contributed by atoms with Crippen LogP contribution < -0.4 is 0 Å². The van der Waals surface area contributed by atoms with E-state index in [1.807, 2.05) is 0 Å². The Hall–Kier alpha value is -0.703. The van der Waals surface area contributed by atoms with E-state index in [0.717, 1.165) is 12.8 Å². The van der Waals surface area contributed by atoms with Crippen LogP contribution in [0, 0.1) is 11.5 Å². The predicted octanol–water partition coefficient (Wildman–Crippen LogP) is 3.77. The van der Waals surface area contributed by atoms with E-state index in [4.69, 9.17) is 0 Å². The number of hydrogen-bond donors (Lipinski definition) is 0. The molecule has 0 fully saturated rings. The van der Waals surface area contributed by atoms with Gasteiger partial charge in [0.05, 0.1) is 0 Å². The average Bonchev–Trinajstić information content (AvgIpc) is 1.93. The molecule has 72 valence electrons. The molecule has 0 radical (unpaired) electrons. The van der Waals surface area contributed by atoms with Crippen LogP contribution in [0.3, 0.4) is 0 Å². The molecule has 0 aromatic rings. The summed E-state index contributed by atoms with van der Waals surface area (Å²) in [6.07, 6.45) is 4.08. The lowest BCUT2D eigenvalue weighted by atomic mass is 10.3. The van der Waals surface area contributed by atoms with E-state index in [2.05, 4.69) is 56.8 Å². The second-order valence-corrected chi connectivity index (χ2v) is 9.19. The van der Waals surface area contributed by atoms with E-state index in [-0.39, 0.29) is 0 Å². The highest BCUT2D eigenvalue weighted by molar-refractivity contribution is 6.83. The Balaban J connectivity index is 3.80. The van der Waals surface area contributed by atoms with Crippen molar-refractivity contribution in [2.45, 2.75) is 46.3 Å². The molecule has 0 bridgehead atoms. The summed E-state index contributed by atoms with van der Waals surface area (Å²) in [5.41, 5.74) is 7.76. The first-order valence-corrected chi connectivity index (χ1v) is 8.30. The molecule has 0 aromatic heterocycles. The van der Waals surface area contributed by atoms with Crippen molar-refractivity contribution in [1.29, 1.82) is 0 Å². The smallest absolute Gasteiger partial charge is 0.129 e. The van der Waals surface area contributed by atoms with Gasteiger partial charge in [-0.1, -0.05) is 19.6 Å². The van der Waals surface area contributed by atoms with E-state index in [0.29, 0.717) is 0 Å². The first-order chi connectivity index (χ1) is 5.92. The number of allylic oxidation sites excluding steroid dienone is 1. The summed E-state index contributed by atoms with van der Waals surface area (Å²) < 4.78 is 0. The van der Waals surface area contributed by atoms with Crippen molar-refractivity contribution in [3.8, 4) is 11.5 Å². The van der Waals surface area contributed by atoms with Crippen LogP contribution in [0.4, 0.5) is 0 Å². The molecule has 0 saturated carbocycles. The second-order valence-electron chi connectivity index (χ2n) is 4.44. The lowest BCUT2D eigenvalue weighted by molar-refractivity contribution is 1.08. The van der Waals surface area contributed by atoms with Crippen molar-refractivity contribution < 1.29 is 0 Å². The fourth-order valence-corrected chi connectivity index (χ4v) is 1.40. The van der Waals surface area contributed by atoms with Crippen LogP contribution >= 0.6 is 0 Å². The summed E-state index contributed by atoms with van der Waals surface area (Å²) in [5.74, 6) is 3.23. The first-order valence-electron chi connectivity index (χ1n) is 4.80. The van der Waals surface area contributed by atoms with Crippen LogP contribution in [0.2, 0.25) is 19.6 Å². The van der Waals surface area contributed by atoms with Gasteiger partial charge in [-0.3, -0.25) is 0 Å². The van der Waals surface area contributed by atoms with Crippen LogP contribution in [0.5, 0.6) is 0 Å². The molecule has 0 spiro atoms. The Morgan fingerprint density at radius 2 is 1.85 bits per heavy atom. The topological polar surface area (TPSA) is 0 Å². The van der Waals surface area contributed by atoms with Crippen molar-refractivity contribution in [3.05, 3.63) is 17.4 Å². The molecule has 0 aromatic carbocycles. The third kappa shape index (κ3) is 11.3. The maximum absolute atomic E-state index is 3.34. The van der Waals surface area contributed by atoms with Gasteiger partial charge in [-0.25, -0.2) is 0 Å². The van der Waals surface area contributed by atoms with Crippen LogP contribution in [0.15, 0.2) is 17.4 Å². The summed E-state index contributed by atoms with van der Waals surface area (Å²) in [6, 6.07) is 0. The zero-order valence-corrected chi connectivity index (χ0v) is 10.5. The molecule has 0 saturated heterocycles. The molecule has 0 aliphatic heterocycles. The van der Waals surface area contributed by atoms with Crippen LogP contribution in [-0.2, 0) is 0 Å². The fourth-order valence-electron chi connectivity index (χ4n) is 0.748. The van der Waals surface area contributed by atoms with Crippen molar-refractivity contribution in [1.82, 2.24) is 0 Å². The summed E-state index contributed by atoms with van der Waals surface area (Å²) in [4.78, 5) is 0. The van der Waals surface area contributed by atoms with Gasteiger partial charge < -0.3 is 0 Å². The Morgan fingerprint density at radius 3 is 2.31 bits per heavy atom. The van der Waals surface area contributed by atoms with Gasteiger partial charge in [-0.15, -0.1) is 17.2 Å². The largest absolute Gasteiger partial charge is 0.132 e. The SMILES string of the molecule is CC(C)=C=CCCC#C[Si](C)(C)C. The molecule has 13 heavy (non-hydrogen) atoms. The highest BCUT2D eigenvalue weighted by Gasteiger charge is 2.06. The van der Waals surface area contributed by atoms with E-state index in [1.165, 1.54) is 5.57 Å². The zero-order valence-electron chi connectivity index (χ0n) is 9.49. The van der Waals surface area contributed by atoms with E-state index >= 15 is 0 Å². The third-order valence-electron chi connectivity index (χ3n) is 1.27. The predicted molar refractivity (Wildman–Crippen MR) is 63.3 cm³/mol. The minimum absolute atomic E-state index is 0.977. The highest BCUT2D eigenvalue weighted by Crippen LogP contribution is 1.97. The van der Waals surface area contributed by atoms with Gasteiger partial charge in [0.25, 0.3) is 0 Å². The molecule has 0 aliphatic rings. The van der Waals surface area contributed by atoms with Crippen LogP contribution in [0.1, 0.15) is 26.7 Å². The Labute approximate surface area is 83.8 Å². The average molecular weight is 192 g/mol. The van der Waals surface area contributed by atoms with Crippen LogP contribution in [0.25, 0.3) is 0 Å². The minimum atomic E-state index is -1.14. The lowest BCUT2D eigenvalue weighted by Gasteiger charge is -2.02. The van der Waals surface area contributed by atoms with Gasteiger partial charge >= 0.3 is 0 Å². The molecule has 1 heteroatoms. The van der Waals surface area contributed by atoms with Crippen molar-refractivity contribution >= 4 is 8.07 Å². The highest BCUT2D eigenvalue weighted by atomic mass is 28.3. The quantitative estimate of drug-likeness (QED) is 0.270. The normalized spacial score (nSPS) is 9.62. The number of rotatable bonds is 2. The molecule has 0 atom stereocenters. The summed E-state index contributed by atoms with van der Waals surface area (Å²) in [6.45, 7) is 10.9. The van der Waals surface area contributed by atoms with E-state index in [1.54, 1.807) is 0 Å². The molecule has 0 nitrogen and oxygen atoms in total. The molecule has 0 unspecified atom stereocenters. The zero-order chi connectivity index (χ0) is 10.3. The molecular weight excluding hydrogens is 172 g/mol. The van der Waals surface area contributed by atoms with Gasteiger partial charge in [-0.05, 0) is 31.9 Å². The maximum Gasteiger partial charge on any atom is 0.129 e. The number of unbranched alkanes of at least 4 members (excludes halogenated alkanes) is 1. The van der Waals surface area contributed by atoms with Gasteiger partial charge in [0.1, 0.15) is 8.07 Å². The van der Waals surface area contributed by atoms with Crippen molar-refractivity contribution in [3.63, 3.8) is 0 Å². The fraction of sp³-hybridized carbons (Fsp3) is 0.583. The van der Waals surface area contributed by atoms with Crippen LogP contribution in [-0.4, -0.2) is 8.07 Å². The van der Waals surface area contributed by atoms with Crippen molar-refractivity contribution in [2.75, 3.05) is 0 Å². The van der Waals surface area contributed by atoms with E-state index in [9.17, 15) is 0 Å². The molecule has 0 amide bonds.